The Morgan fingerprint density at radius 2 is 1.73 bits per heavy atom. The minimum absolute atomic E-state index is 0.0512. The van der Waals surface area contributed by atoms with Crippen molar-refractivity contribution >= 4 is 39.8 Å². The summed E-state index contributed by atoms with van der Waals surface area (Å²) >= 11 is 0. The molecule has 37 heavy (non-hydrogen) atoms. The molecule has 4 aromatic rings. The third-order valence-corrected chi connectivity index (χ3v) is 5.20. The maximum absolute atomic E-state index is 12.6. The lowest BCUT2D eigenvalue weighted by atomic mass is 10.0. The number of halogens is 3. The number of benzene rings is 2. The monoisotopic (exact) mass is 512 g/mol. The average molecular weight is 512 g/mol. The molecule has 0 fully saturated rings. The predicted molar refractivity (Wildman–Crippen MR) is 129 cm³/mol. The summed E-state index contributed by atoms with van der Waals surface area (Å²) in [5.74, 6) is -2.61. The van der Waals surface area contributed by atoms with Crippen molar-refractivity contribution in [2.75, 3.05) is 24.9 Å². The van der Waals surface area contributed by atoms with Gasteiger partial charge in [-0.2, -0.15) is 18.2 Å². The predicted octanol–water partition coefficient (Wildman–Crippen LogP) is 4.05. The first-order valence-corrected chi connectivity index (χ1v) is 10.5. The Bertz CT molecular complexity index is 1510. The topological polar surface area (TPSA) is 141 Å². The van der Waals surface area contributed by atoms with Gasteiger partial charge in [-0.3, -0.25) is 14.6 Å². The Labute approximate surface area is 207 Å². The molecule has 10 nitrogen and oxygen atoms in total. The summed E-state index contributed by atoms with van der Waals surface area (Å²) in [6.07, 6.45) is -2.23. The third kappa shape index (κ3) is 5.34. The molecule has 4 N–H and O–H groups in total. The van der Waals surface area contributed by atoms with Crippen molar-refractivity contribution in [3.8, 4) is 23.0 Å². The molecule has 2 aromatic heterocycles. The van der Waals surface area contributed by atoms with Crippen molar-refractivity contribution in [3.63, 3.8) is 0 Å². The molecule has 0 saturated heterocycles. The number of fused-ring (bicyclic) bond motifs is 1. The lowest BCUT2D eigenvalue weighted by molar-refractivity contribution is -0.167. The fourth-order valence-electron chi connectivity index (χ4n) is 3.51. The Hall–Kier alpha value is -4.94. The second-order valence-electron chi connectivity index (χ2n) is 7.58. The van der Waals surface area contributed by atoms with Crippen LogP contribution in [0.4, 0.5) is 30.2 Å². The summed E-state index contributed by atoms with van der Waals surface area (Å²) in [6, 6.07) is 10.8. The number of methoxy groups -OCH3 is 2. The van der Waals surface area contributed by atoms with Gasteiger partial charge in [0.1, 0.15) is 0 Å². The minimum atomic E-state index is -5.04. The highest BCUT2D eigenvalue weighted by molar-refractivity contribution is 6.08. The molecule has 0 spiro atoms. The summed E-state index contributed by atoms with van der Waals surface area (Å²) in [7, 11) is 2.89. The number of hydrogen-bond donors (Lipinski definition) is 3. The minimum Gasteiger partial charge on any atom is -0.480 e. The standard InChI is InChI=1S/C24H19F3N6O4/c1-36-21-16(10-30-23(33-21)37-2)12-6-7-15-18(8-12)29-11-17(20(28)34)19(15)31-13-4-3-5-14(9-13)32-22(35)24(25,26)27/h3-11H,1-2H3,(H2,28,34)(H,29,31)(H,32,35). The Morgan fingerprint density at radius 3 is 2.41 bits per heavy atom. The molecule has 0 bridgehead atoms. The SMILES string of the molecule is COc1ncc(-c2ccc3c(Nc4cccc(NC(=O)C(F)(F)F)c4)c(C(N)=O)cnc3c2)c(OC)n1. The van der Waals surface area contributed by atoms with Crippen LogP contribution in [0.15, 0.2) is 54.9 Å². The summed E-state index contributed by atoms with van der Waals surface area (Å²) in [5, 5.41) is 5.29. The lowest BCUT2D eigenvalue weighted by Gasteiger charge is -2.15. The van der Waals surface area contributed by atoms with Crippen LogP contribution in [0.5, 0.6) is 11.9 Å². The highest BCUT2D eigenvalue weighted by Crippen LogP contribution is 2.35. The molecule has 0 saturated carbocycles. The number of alkyl halides is 3. The van der Waals surface area contributed by atoms with Crippen LogP contribution in [0.3, 0.4) is 0 Å². The summed E-state index contributed by atoms with van der Waals surface area (Å²) in [6.45, 7) is 0. The molecule has 0 aliphatic carbocycles. The van der Waals surface area contributed by atoms with E-state index in [1.807, 2.05) is 0 Å². The van der Waals surface area contributed by atoms with Gasteiger partial charge in [0.05, 0.1) is 36.6 Å². The van der Waals surface area contributed by atoms with Crippen molar-refractivity contribution in [2.45, 2.75) is 6.18 Å². The fraction of sp³-hybridized carbons (Fsp3) is 0.125. The molecular weight excluding hydrogens is 493 g/mol. The zero-order valence-electron chi connectivity index (χ0n) is 19.4. The van der Waals surface area contributed by atoms with Crippen LogP contribution >= 0.6 is 0 Å². The van der Waals surface area contributed by atoms with E-state index in [1.165, 1.54) is 44.8 Å². The van der Waals surface area contributed by atoms with Gasteiger partial charge in [0, 0.05) is 29.2 Å². The Kier molecular flexibility index (Phi) is 6.78. The van der Waals surface area contributed by atoms with Gasteiger partial charge in [-0.1, -0.05) is 18.2 Å². The van der Waals surface area contributed by atoms with Crippen LogP contribution in [0, 0.1) is 0 Å². The highest BCUT2D eigenvalue weighted by atomic mass is 19.4. The van der Waals surface area contributed by atoms with E-state index >= 15 is 0 Å². The largest absolute Gasteiger partial charge is 0.480 e. The van der Waals surface area contributed by atoms with Gasteiger partial charge in [-0.15, -0.1) is 0 Å². The normalized spacial score (nSPS) is 11.2. The highest BCUT2D eigenvalue weighted by Gasteiger charge is 2.38. The molecule has 0 unspecified atom stereocenters. The first kappa shape index (κ1) is 25.2. The van der Waals surface area contributed by atoms with Gasteiger partial charge >= 0.3 is 18.1 Å². The van der Waals surface area contributed by atoms with Gasteiger partial charge in [0.2, 0.25) is 5.88 Å². The molecule has 2 heterocycles. The van der Waals surface area contributed by atoms with Gasteiger partial charge in [0.25, 0.3) is 5.91 Å². The van der Waals surface area contributed by atoms with Crippen molar-refractivity contribution in [1.82, 2.24) is 15.0 Å². The number of amides is 2. The van der Waals surface area contributed by atoms with Gasteiger partial charge in [0.15, 0.2) is 0 Å². The number of carbonyl (C=O) groups excluding carboxylic acids is 2. The number of hydrogen-bond acceptors (Lipinski definition) is 8. The van der Waals surface area contributed by atoms with Gasteiger partial charge < -0.3 is 25.8 Å². The number of carbonyl (C=O) groups is 2. The number of nitrogens with two attached hydrogens (primary N) is 1. The number of aromatic nitrogens is 3. The number of ether oxygens (including phenoxy) is 2. The molecule has 2 amide bonds. The van der Waals surface area contributed by atoms with Crippen molar-refractivity contribution < 1.29 is 32.2 Å². The first-order chi connectivity index (χ1) is 17.6. The molecule has 0 radical (unpaired) electrons. The molecule has 2 aromatic carbocycles. The lowest BCUT2D eigenvalue weighted by Crippen LogP contribution is -2.29. The average Bonchev–Trinajstić information content (AvgIpc) is 2.87. The summed E-state index contributed by atoms with van der Waals surface area (Å²) in [4.78, 5) is 36.0. The van der Waals surface area contributed by atoms with E-state index < -0.39 is 18.0 Å². The second-order valence-corrected chi connectivity index (χ2v) is 7.58. The van der Waals surface area contributed by atoms with Crippen LogP contribution in [-0.2, 0) is 4.79 Å². The second kappa shape index (κ2) is 9.97. The third-order valence-electron chi connectivity index (χ3n) is 5.20. The number of nitrogens with one attached hydrogen (secondary N) is 2. The molecular formula is C24H19F3N6O4. The molecule has 13 heteroatoms. The van der Waals surface area contributed by atoms with Crippen LogP contribution in [0.2, 0.25) is 0 Å². The van der Waals surface area contributed by atoms with Gasteiger partial charge in [-0.05, 0) is 29.8 Å². The number of primary amides is 1. The van der Waals surface area contributed by atoms with Crippen molar-refractivity contribution in [3.05, 3.63) is 60.4 Å². The smallest absolute Gasteiger partial charge is 0.471 e. The van der Waals surface area contributed by atoms with Crippen molar-refractivity contribution in [2.24, 2.45) is 5.73 Å². The van der Waals surface area contributed by atoms with E-state index in [9.17, 15) is 22.8 Å². The molecule has 4 rings (SSSR count). The van der Waals surface area contributed by atoms with E-state index in [0.717, 1.165) is 0 Å². The van der Waals surface area contributed by atoms with E-state index in [-0.39, 0.29) is 28.8 Å². The van der Waals surface area contributed by atoms with Crippen molar-refractivity contribution in [1.29, 1.82) is 0 Å². The summed E-state index contributed by atoms with van der Waals surface area (Å²) in [5.41, 5.74) is 7.76. The van der Waals surface area contributed by atoms with Crippen LogP contribution in [0.1, 0.15) is 10.4 Å². The van der Waals surface area contributed by atoms with E-state index in [0.29, 0.717) is 27.7 Å². The number of rotatable bonds is 7. The van der Waals surface area contributed by atoms with Crippen LogP contribution in [0.25, 0.3) is 22.0 Å². The van der Waals surface area contributed by atoms with Crippen LogP contribution < -0.4 is 25.8 Å². The number of pyridine rings is 1. The molecule has 0 atom stereocenters. The quantitative estimate of drug-likeness (QED) is 0.337. The van der Waals surface area contributed by atoms with Crippen LogP contribution in [-0.4, -0.2) is 47.2 Å². The first-order valence-electron chi connectivity index (χ1n) is 10.5. The van der Waals surface area contributed by atoms with E-state index in [4.69, 9.17) is 15.2 Å². The van der Waals surface area contributed by atoms with E-state index in [1.54, 1.807) is 29.6 Å². The van der Waals surface area contributed by atoms with E-state index in [2.05, 4.69) is 20.3 Å². The zero-order chi connectivity index (χ0) is 26.7. The Balaban J connectivity index is 1.75. The maximum atomic E-state index is 12.6. The molecule has 0 aliphatic rings. The number of nitrogens with zero attached hydrogens (tertiary/aromatic N) is 3. The summed E-state index contributed by atoms with van der Waals surface area (Å²) < 4.78 is 48.3. The molecule has 190 valence electrons. The maximum Gasteiger partial charge on any atom is 0.471 e. The zero-order valence-corrected chi connectivity index (χ0v) is 19.4. The fourth-order valence-corrected chi connectivity index (χ4v) is 3.51. The van der Waals surface area contributed by atoms with Gasteiger partial charge in [-0.25, -0.2) is 4.98 Å². The number of anilines is 3. The Morgan fingerprint density at radius 1 is 0.973 bits per heavy atom. The molecule has 0 aliphatic heterocycles.